The third-order valence-corrected chi connectivity index (χ3v) is 4.26. The molecule has 0 saturated heterocycles. The Balaban J connectivity index is 1.86. The standard InChI is InChI=1S/C16H20N4O2S/c1-4-5-20-10-18-19-16(20)23-9-14(21)17-8-13-6-11(2)15(22)12(3)7-13/h4,6-7,10,22H,1,5,8-9H2,2-3H3,(H,17,21). The fraction of sp³-hybridized carbons (Fsp3) is 0.312. The number of phenolic OH excluding ortho intramolecular Hbond substituents is 1. The Morgan fingerprint density at radius 3 is 2.78 bits per heavy atom. The van der Waals surface area contributed by atoms with Gasteiger partial charge in [-0.25, -0.2) is 0 Å². The van der Waals surface area contributed by atoms with E-state index in [9.17, 15) is 9.90 Å². The Hall–Kier alpha value is -2.28. The average Bonchev–Trinajstić information content (AvgIpc) is 2.96. The van der Waals surface area contributed by atoms with Gasteiger partial charge in [-0.2, -0.15) is 0 Å². The number of carbonyl (C=O) groups excluding carboxylic acids is 1. The highest BCUT2D eigenvalue weighted by Gasteiger charge is 2.09. The summed E-state index contributed by atoms with van der Waals surface area (Å²) in [7, 11) is 0. The molecule has 0 unspecified atom stereocenters. The molecule has 122 valence electrons. The van der Waals surface area contributed by atoms with Crippen molar-refractivity contribution >= 4 is 17.7 Å². The van der Waals surface area contributed by atoms with Crippen LogP contribution in [0.15, 0.2) is 36.3 Å². The van der Waals surface area contributed by atoms with E-state index in [0.29, 0.717) is 24.0 Å². The lowest BCUT2D eigenvalue weighted by molar-refractivity contribution is -0.118. The van der Waals surface area contributed by atoms with Crippen LogP contribution >= 0.6 is 11.8 Å². The van der Waals surface area contributed by atoms with E-state index >= 15 is 0 Å². The first kappa shape index (κ1) is 17.1. The number of benzene rings is 1. The Kier molecular flexibility index (Phi) is 5.81. The smallest absolute Gasteiger partial charge is 0.230 e. The molecule has 0 bridgehead atoms. The molecule has 0 aliphatic rings. The maximum Gasteiger partial charge on any atom is 0.230 e. The second-order valence-electron chi connectivity index (χ2n) is 5.20. The van der Waals surface area contributed by atoms with Gasteiger partial charge in [0.25, 0.3) is 0 Å². The second-order valence-corrected chi connectivity index (χ2v) is 6.14. The van der Waals surface area contributed by atoms with Gasteiger partial charge in [0.2, 0.25) is 5.91 Å². The molecule has 0 aliphatic carbocycles. The molecule has 6 nitrogen and oxygen atoms in total. The number of thioether (sulfide) groups is 1. The molecule has 1 aromatic heterocycles. The van der Waals surface area contributed by atoms with Gasteiger partial charge in [0.15, 0.2) is 5.16 Å². The summed E-state index contributed by atoms with van der Waals surface area (Å²) in [5.74, 6) is 0.495. The van der Waals surface area contributed by atoms with Crippen molar-refractivity contribution in [3.05, 3.63) is 47.8 Å². The molecule has 2 N–H and O–H groups in total. The molecule has 1 aromatic carbocycles. The van der Waals surface area contributed by atoms with E-state index in [1.54, 1.807) is 12.4 Å². The normalized spacial score (nSPS) is 10.5. The van der Waals surface area contributed by atoms with Crippen LogP contribution in [0.4, 0.5) is 0 Å². The van der Waals surface area contributed by atoms with E-state index in [1.807, 2.05) is 30.5 Å². The maximum atomic E-state index is 12.0. The number of aromatic nitrogens is 3. The van der Waals surface area contributed by atoms with Gasteiger partial charge in [0, 0.05) is 13.1 Å². The highest BCUT2D eigenvalue weighted by molar-refractivity contribution is 7.99. The minimum absolute atomic E-state index is 0.0773. The fourth-order valence-corrected chi connectivity index (χ4v) is 2.90. The summed E-state index contributed by atoms with van der Waals surface area (Å²) in [5, 5.41) is 21.1. The van der Waals surface area contributed by atoms with E-state index in [0.717, 1.165) is 16.7 Å². The number of aryl methyl sites for hydroxylation is 2. The summed E-state index contributed by atoms with van der Waals surface area (Å²) in [5.41, 5.74) is 2.58. The molecule has 7 heteroatoms. The minimum Gasteiger partial charge on any atom is -0.507 e. The number of allylic oxidation sites excluding steroid dienone is 1. The number of amides is 1. The summed E-state index contributed by atoms with van der Waals surface area (Å²) in [4.78, 5) is 12.0. The van der Waals surface area contributed by atoms with Crippen molar-refractivity contribution in [2.45, 2.75) is 32.1 Å². The Morgan fingerprint density at radius 2 is 2.13 bits per heavy atom. The lowest BCUT2D eigenvalue weighted by atomic mass is 10.1. The first-order chi connectivity index (χ1) is 11.0. The zero-order valence-electron chi connectivity index (χ0n) is 13.2. The van der Waals surface area contributed by atoms with Crippen LogP contribution in [-0.4, -0.2) is 31.5 Å². The zero-order chi connectivity index (χ0) is 16.8. The van der Waals surface area contributed by atoms with Gasteiger partial charge in [-0.05, 0) is 30.5 Å². The number of aromatic hydroxyl groups is 1. The van der Waals surface area contributed by atoms with E-state index in [2.05, 4.69) is 22.1 Å². The summed E-state index contributed by atoms with van der Waals surface area (Å²) < 4.78 is 1.83. The number of hydrogen-bond acceptors (Lipinski definition) is 5. The summed E-state index contributed by atoms with van der Waals surface area (Å²) in [6, 6.07) is 3.74. The Morgan fingerprint density at radius 1 is 1.43 bits per heavy atom. The fourth-order valence-electron chi connectivity index (χ4n) is 2.15. The number of nitrogens with one attached hydrogen (secondary N) is 1. The topological polar surface area (TPSA) is 80.0 Å². The van der Waals surface area contributed by atoms with Crippen molar-refractivity contribution in [1.82, 2.24) is 20.1 Å². The Labute approximate surface area is 139 Å². The molecule has 0 fully saturated rings. The van der Waals surface area contributed by atoms with Crippen LogP contribution < -0.4 is 5.32 Å². The minimum atomic E-state index is -0.0773. The first-order valence-corrected chi connectivity index (χ1v) is 8.17. The number of carbonyl (C=O) groups is 1. The SMILES string of the molecule is C=CCn1cnnc1SCC(=O)NCc1cc(C)c(O)c(C)c1. The van der Waals surface area contributed by atoms with Crippen LogP contribution in [0.2, 0.25) is 0 Å². The maximum absolute atomic E-state index is 12.0. The third kappa shape index (κ3) is 4.59. The number of rotatable bonds is 7. The highest BCUT2D eigenvalue weighted by Crippen LogP contribution is 2.22. The van der Waals surface area contributed by atoms with Gasteiger partial charge in [0.1, 0.15) is 12.1 Å². The van der Waals surface area contributed by atoms with Gasteiger partial charge in [-0.3, -0.25) is 4.79 Å². The van der Waals surface area contributed by atoms with Crippen LogP contribution in [0.5, 0.6) is 5.75 Å². The van der Waals surface area contributed by atoms with Crippen molar-refractivity contribution in [1.29, 1.82) is 0 Å². The van der Waals surface area contributed by atoms with Gasteiger partial charge in [-0.1, -0.05) is 30.0 Å². The highest BCUT2D eigenvalue weighted by atomic mass is 32.2. The van der Waals surface area contributed by atoms with Gasteiger partial charge < -0.3 is 15.0 Å². The van der Waals surface area contributed by atoms with Gasteiger partial charge in [-0.15, -0.1) is 16.8 Å². The molecule has 23 heavy (non-hydrogen) atoms. The van der Waals surface area contributed by atoms with E-state index in [-0.39, 0.29) is 11.7 Å². The van der Waals surface area contributed by atoms with E-state index in [4.69, 9.17) is 0 Å². The first-order valence-electron chi connectivity index (χ1n) is 7.18. The average molecular weight is 332 g/mol. The molecule has 2 rings (SSSR count). The quantitative estimate of drug-likeness (QED) is 0.600. The number of phenols is 1. The number of nitrogens with zero attached hydrogens (tertiary/aromatic N) is 3. The molecule has 1 heterocycles. The summed E-state index contributed by atoms with van der Waals surface area (Å²) in [6.07, 6.45) is 3.37. The van der Waals surface area contributed by atoms with Crippen molar-refractivity contribution in [2.24, 2.45) is 0 Å². The summed E-state index contributed by atoms with van der Waals surface area (Å²) >= 11 is 1.34. The monoisotopic (exact) mass is 332 g/mol. The number of hydrogen-bond donors (Lipinski definition) is 2. The van der Waals surface area contributed by atoms with Crippen LogP contribution in [-0.2, 0) is 17.9 Å². The van der Waals surface area contributed by atoms with Gasteiger partial charge >= 0.3 is 0 Å². The molecular weight excluding hydrogens is 312 g/mol. The molecule has 0 spiro atoms. The molecule has 0 atom stereocenters. The van der Waals surface area contributed by atoms with Crippen molar-refractivity contribution in [2.75, 3.05) is 5.75 Å². The largest absolute Gasteiger partial charge is 0.507 e. The van der Waals surface area contributed by atoms with Gasteiger partial charge in [0.05, 0.1) is 5.75 Å². The third-order valence-electron chi connectivity index (χ3n) is 3.28. The molecule has 1 amide bonds. The predicted octanol–water partition coefficient (Wildman–Crippen LogP) is 2.20. The van der Waals surface area contributed by atoms with Crippen LogP contribution in [0, 0.1) is 13.8 Å². The van der Waals surface area contributed by atoms with Crippen LogP contribution in [0.25, 0.3) is 0 Å². The molecule has 0 saturated carbocycles. The second kappa shape index (κ2) is 7.82. The van der Waals surface area contributed by atoms with Crippen molar-refractivity contribution in [3.8, 4) is 5.75 Å². The lowest BCUT2D eigenvalue weighted by Gasteiger charge is -2.09. The summed E-state index contributed by atoms with van der Waals surface area (Å²) in [6.45, 7) is 8.40. The van der Waals surface area contributed by atoms with E-state index in [1.165, 1.54) is 11.8 Å². The lowest BCUT2D eigenvalue weighted by Crippen LogP contribution is -2.24. The predicted molar refractivity (Wildman–Crippen MR) is 90.4 cm³/mol. The molecule has 0 radical (unpaired) electrons. The van der Waals surface area contributed by atoms with Crippen LogP contribution in [0.1, 0.15) is 16.7 Å². The molecular formula is C16H20N4O2S. The zero-order valence-corrected chi connectivity index (χ0v) is 14.1. The molecule has 2 aromatic rings. The van der Waals surface area contributed by atoms with E-state index < -0.39 is 0 Å². The Bertz CT molecular complexity index is 689. The van der Waals surface area contributed by atoms with Crippen molar-refractivity contribution in [3.63, 3.8) is 0 Å². The van der Waals surface area contributed by atoms with Crippen LogP contribution in [0.3, 0.4) is 0 Å². The molecule has 0 aliphatic heterocycles. The van der Waals surface area contributed by atoms with Crippen molar-refractivity contribution < 1.29 is 9.90 Å².